The Morgan fingerprint density at radius 1 is 1.15 bits per heavy atom. The molecule has 3 rings (SSSR count). The zero-order chi connectivity index (χ0) is 19.2. The summed E-state index contributed by atoms with van der Waals surface area (Å²) in [4.78, 5) is 35.6. The van der Waals surface area contributed by atoms with Crippen LogP contribution in [0.1, 0.15) is 24.3 Å². The van der Waals surface area contributed by atoms with Crippen molar-refractivity contribution < 1.29 is 14.3 Å². The van der Waals surface area contributed by atoms with Crippen LogP contribution in [0.3, 0.4) is 0 Å². The van der Waals surface area contributed by atoms with E-state index in [4.69, 9.17) is 4.74 Å². The summed E-state index contributed by atoms with van der Waals surface area (Å²) in [5, 5.41) is 2.83. The molecule has 1 aromatic heterocycles. The van der Waals surface area contributed by atoms with Gasteiger partial charge in [0, 0.05) is 38.1 Å². The number of carbonyl (C=O) groups is 2. The largest absolute Gasteiger partial charge is 0.491 e. The molecule has 0 aliphatic carbocycles. The number of benzene rings is 1. The minimum Gasteiger partial charge on any atom is -0.491 e. The van der Waals surface area contributed by atoms with Crippen LogP contribution in [-0.2, 0) is 4.79 Å². The molecule has 8 heteroatoms. The number of carbonyl (C=O) groups excluding carboxylic acids is 2. The average molecular weight is 369 g/mol. The van der Waals surface area contributed by atoms with Crippen molar-refractivity contribution in [3.63, 3.8) is 0 Å². The number of ether oxygens (including phenoxy) is 1. The van der Waals surface area contributed by atoms with E-state index in [2.05, 4.69) is 15.3 Å². The summed E-state index contributed by atoms with van der Waals surface area (Å²) in [6.45, 7) is 6.44. The standard InChI is InChI=1S/C19H23N5O3/c1-14(2)27-16-5-3-15(4-6-16)21-18(26)17-7-8-20-19(22-17)24-11-9-23(13-25)10-12-24/h3-8,13-14H,9-12H2,1-2H3,(H,21,26). The Kier molecular flexibility index (Phi) is 5.85. The van der Waals surface area contributed by atoms with Crippen LogP contribution < -0.4 is 15.0 Å². The number of amides is 2. The van der Waals surface area contributed by atoms with Crippen molar-refractivity contribution in [1.29, 1.82) is 0 Å². The van der Waals surface area contributed by atoms with Crippen LogP contribution in [-0.4, -0.2) is 59.5 Å². The van der Waals surface area contributed by atoms with Crippen molar-refractivity contribution in [3.05, 3.63) is 42.2 Å². The van der Waals surface area contributed by atoms with E-state index >= 15 is 0 Å². The lowest BCUT2D eigenvalue weighted by atomic mass is 10.3. The average Bonchev–Trinajstić information content (AvgIpc) is 2.69. The van der Waals surface area contributed by atoms with Crippen molar-refractivity contribution in [1.82, 2.24) is 14.9 Å². The fraction of sp³-hybridized carbons (Fsp3) is 0.368. The van der Waals surface area contributed by atoms with Gasteiger partial charge in [0.15, 0.2) is 0 Å². The fourth-order valence-electron chi connectivity index (χ4n) is 2.74. The summed E-state index contributed by atoms with van der Waals surface area (Å²) in [5.74, 6) is 0.943. The molecule has 0 unspecified atom stereocenters. The second-order valence-corrected chi connectivity index (χ2v) is 6.52. The SMILES string of the molecule is CC(C)Oc1ccc(NC(=O)c2ccnc(N3CCN(C=O)CC3)n2)cc1. The van der Waals surface area contributed by atoms with E-state index < -0.39 is 0 Å². The number of anilines is 2. The highest BCUT2D eigenvalue weighted by molar-refractivity contribution is 6.03. The predicted molar refractivity (Wildman–Crippen MR) is 102 cm³/mol. The number of nitrogens with zero attached hydrogens (tertiary/aromatic N) is 4. The lowest BCUT2D eigenvalue weighted by Gasteiger charge is -2.32. The molecule has 1 aliphatic rings. The first-order chi connectivity index (χ1) is 13.0. The van der Waals surface area contributed by atoms with Gasteiger partial charge in [0.1, 0.15) is 11.4 Å². The van der Waals surface area contributed by atoms with Gasteiger partial charge in [-0.3, -0.25) is 9.59 Å². The first-order valence-corrected chi connectivity index (χ1v) is 8.90. The molecule has 1 N–H and O–H groups in total. The normalized spacial score (nSPS) is 14.2. The molecule has 8 nitrogen and oxygen atoms in total. The Morgan fingerprint density at radius 3 is 2.48 bits per heavy atom. The molecular weight excluding hydrogens is 346 g/mol. The van der Waals surface area contributed by atoms with E-state index in [-0.39, 0.29) is 12.0 Å². The maximum atomic E-state index is 12.5. The topological polar surface area (TPSA) is 87.7 Å². The van der Waals surface area contributed by atoms with Gasteiger partial charge in [-0.05, 0) is 44.2 Å². The zero-order valence-electron chi connectivity index (χ0n) is 15.5. The highest BCUT2D eigenvalue weighted by Crippen LogP contribution is 2.18. The quantitative estimate of drug-likeness (QED) is 0.781. The molecule has 0 bridgehead atoms. The number of nitrogens with one attached hydrogen (secondary N) is 1. The lowest BCUT2D eigenvalue weighted by Crippen LogP contribution is -2.46. The van der Waals surface area contributed by atoms with Crippen LogP contribution in [0, 0.1) is 0 Å². The minimum absolute atomic E-state index is 0.0956. The molecule has 0 saturated carbocycles. The molecule has 1 saturated heterocycles. The van der Waals surface area contributed by atoms with Gasteiger partial charge in [-0.25, -0.2) is 9.97 Å². The first kappa shape index (κ1) is 18.6. The van der Waals surface area contributed by atoms with Crippen LogP contribution in [0.5, 0.6) is 5.75 Å². The van der Waals surface area contributed by atoms with E-state index in [0.717, 1.165) is 12.2 Å². The summed E-state index contributed by atoms with van der Waals surface area (Å²) in [6.07, 6.45) is 2.51. The number of hydrogen-bond acceptors (Lipinski definition) is 6. The van der Waals surface area contributed by atoms with Gasteiger partial charge >= 0.3 is 0 Å². The predicted octanol–water partition coefficient (Wildman–Crippen LogP) is 1.79. The molecular formula is C19H23N5O3. The minimum atomic E-state index is -0.303. The lowest BCUT2D eigenvalue weighted by molar-refractivity contribution is -0.118. The van der Waals surface area contributed by atoms with Crippen molar-refractivity contribution in [2.24, 2.45) is 0 Å². The molecule has 142 valence electrons. The van der Waals surface area contributed by atoms with E-state index in [9.17, 15) is 9.59 Å². The first-order valence-electron chi connectivity index (χ1n) is 8.90. The van der Waals surface area contributed by atoms with Crippen LogP contribution >= 0.6 is 0 Å². The number of piperazine rings is 1. The van der Waals surface area contributed by atoms with E-state index in [0.29, 0.717) is 43.5 Å². The van der Waals surface area contributed by atoms with Gasteiger partial charge < -0.3 is 19.9 Å². The third-order valence-corrected chi connectivity index (χ3v) is 4.11. The molecule has 1 aromatic carbocycles. The molecule has 2 heterocycles. The van der Waals surface area contributed by atoms with Crippen molar-refractivity contribution >= 4 is 24.0 Å². The fourth-order valence-corrected chi connectivity index (χ4v) is 2.74. The van der Waals surface area contributed by atoms with Gasteiger partial charge in [0.25, 0.3) is 5.91 Å². The van der Waals surface area contributed by atoms with E-state index in [1.54, 1.807) is 29.3 Å². The second kappa shape index (κ2) is 8.48. The third kappa shape index (κ3) is 4.93. The van der Waals surface area contributed by atoms with E-state index in [1.165, 1.54) is 0 Å². The van der Waals surface area contributed by atoms with Gasteiger partial charge in [0.05, 0.1) is 6.10 Å². The van der Waals surface area contributed by atoms with Gasteiger partial charge in [-0.1, -0.05) is 0 Å². The van der Waals surface area contributed by atoms with Gasteiger partial charge in [-0.2, -0.15) is 0 Å². The maximum absolute atomic E-state index is 12.5. The summed E-state index contributed by atoms with van der Waals surface area (Å²) in [5.41, 5.74) is 0.955. The summed E-state index contributed by atoms with van der Waals surface area (Å²) >= 11 is 0. The third-order valence-electron chi connectivity index (χ3n) is 4.11. The van der Waals surface area contributed by atoms with Crippen LogP contribution in [0.2, 0.25) is 0 Å². The maximum Gasteiger partial charge on any atom is 0.274 e. The van der Waals surface area contributed by atoms with Crippen LogP contribution in [0.25, 0.3) is 0 Å². The Morgan fingerprint density at radius 2 is 1.85 bits per heavy atom. The molecule has 0 spiro atoms. The van der Waals surface area contributed by atoms with Gasteiger partial charge in [0.2, 0.25) is 12.4 Å². The smallest absolute Gasteiger partial charge is 0.274 e. The number of rotatable bonds is 6. The highest BCUT2D eigenvalue weighted by atomic mass is 16.5. The molecule has 2 amide bonds. The molecule has 1 fully saturated rings. The zero-order valence-corrected chi connectivity index (χ0v) is 15.5. The number of aromatic nitrogens is 2. The molecule has 27 heavy (non-hydrogen) atoms. The van der Waals surface area contributed by atoms with Crippen LogP contribution in [0.4, 0.5) is 11.6 Å². The van der Waals surface area contributed by atoms with Crippen molar-refractivity contribution in [2.45, 2.75) is 20.0 Å². The summed E-state index contributed by atoms with van der Waals surface area (Å²) in [6, 6.07) is 8.78. The van der Waals surface area contributed by atoms with Crippen LogP contribution in [0.15, 0.2) is 36.5 Å². The monoisotopic (exact) mass is 369 g/mol. The van der Waals surface area contributed by atoms with Gasteiger partial charge in [-0.15, -0.1) is 0 Å². The Labute approximate surface area is 158 Å². The van der Waals surface area contributed by atoms with E-state index in [1.807, 2.05) is 30.9 Å². The Bertz CT molecular complexity index is 786. The number of hydrogen-bond donors (Lipinski definition) is 1. The molecule has 0 radical (unpaired) electrons. The van der Waals surface area contributed by atoms with Crippen molar-refractivity contribution in [2.75, 3.05) is 36.4 Å². The Balaban J connectivity index is 1.64. The summed E-state index contributed by atoms with van der Waals surface area (Å²) in [7, 11) is 0. The molecule has 0 atom stereocenters. The highest BCUT2D eigenvalue weighted by Gasteiger charge is 2.19. The molecule has 1 aliphatic heterocycles. The summed E-state index contributed by atoms with van der Waals surface area (Å²) < 4.78 is 5.59. The Hall–Kier alpha value is -3.16. The van der Waals surface area contributed by atoms with Crippen molar-refractivity contribution in [3.8, 4) is 5.75 Å². The molecule has 2 aromatic rings. The second-order valence-electron chi connectivity index (χ2n) is 6.52.